The number of pyridine rings is 2. The zero-order valence-corrected chi connectivity index (χ0v) is 23.6. The highest BCUT2D eigenvalue weighted by Crippen LogP contribution is 2.36. The number of halogens is 1. The summed E-state index contributed by atoms with van der Waals surface area (Å²) in [5.74, 6) is -0.370. The van der Waals surface area contributed by atoms with E-state index in [-0.39, 0.29) is 23.8 Å². The van der Waals surface area contributed by atoms with Crippen molar-refractivity contribution in [3.05, 3.63) is 65.9 Å². The summed E-state index contributed by atoms with van der Waals surface area (Å²) >= 11 is 0. The van der Waals surface area contributed by atoms with Crippen molar-refractivity contribution < 1.29 is 19.0 Å². The van der Waals surface area contributed by atoms with Gasteiger partial charge in [-0.1, -0.05) is 6.07 Å². The van der Waals surface area contributed by atoms with E-state index in [0.29, 0.717) is 17.2 Å². The van der Waals surface area contributed by atoms with Crippen molar-refractivity contribution in [3.63, 3.8) is 0 Å². The SMILES string of the molecule is COc1ccncc1-c1nccc(C(=O)Nc2nc3cc(C4CCN(C5CC5)CC4)ccc3n2CC(C)(C)O)c1F. The van der Waals surface area contributed by atoms with E-state index in [1.165, 1.54) is 50.2 Å². The number of fused-ring (bicyclic) bond motifs is 1. The molecule has 1 amide bonds. The number of ether oxygens (including phenoxy) is 1. The molecule has 1 saturated heterocycles. The van der Waals surface area contributed by atoms with Crippen LogP contribution in [0.5, 0.6) is 5.75 Å². The lowest BCUT2D eigenvalue weighted by Gasteiger charge is -2.32. The molecule has 6 rings (SSSR count). The molecule has 1 saturated carbocycles. The van der Waals surface area contributed by atoms with Gasteiger partial charge in [0.1, 0.15) is 11.4 Å². The molecule has 4 heterocycles. The number of carbonyl (C=O) groups is 1. The Morgan fingerprint density at radius 2 is 1.93 bits per heavy atom. The quantitative estimate of drug-likeness (QED) is 0.313. The minimum Gasteiger partial charge on any atom is -0.496 e. The number of hydrogen-bond acceptors (Lipinski definition) is 7. The molecule has 4 aromatic rings. The van der Waals surface area contributed by atoms with Crippen LogP contribution in [0.2, 0.25) is 0 Å². The third-order valence-electron chi connectivity index (χ3n) is 8.00. The van der Waals surface area contributed by atoms with Gasteiger partial charge in [0.15, 0.2) is 5.82 Å². The van der Waals surface area contributed by atoms with Crippen LogP contribution >= 0.6 is 0 Å². The predicted molar refractivity (Wildman–Crippen MR) is 155 cm³/mol. The van der Waals surface area contributed by atoms with Gasteiger partial charge < -0.3 is 19.3 Å². The van der Waals surface area contributed by atoms with Gasteiger partial charge in [-0.3, -0.25) is 20.1 Å². The van der Waals surface area contributed by atoms with Gasteiger partial charge in [0, 0.05) is 24.6 Å². The van der Waals surface area contributed by atoms with E-state index >= 15 is 4.39 Å². The zero-order valence-electron chi connectivity index (χ0n) is 23.6. The summed E-state index contributed by atoms with van der Waals surface area (Å²) < 4.78 is 22.8. The molecule has 1 aliphatic heterocycles. The summed E-state index contributed by atoms with van der Waals surface area (Å²) in [5.41, 5.74) is 1.78. The first-order valence-electron chi connectivity index (χ1n) is 14.1. The van der Waals surface area contributed by atoms with E-state index in [9.17, 15) is 9.90 Å². The molecule has 2 aliphatic rings. The molecule has 1 aliphatic carbocycles. The number of likely N-dealkylation sites (tertiary alicyclic amines) is 1. The maximum Gasteiger partial charge on any atom is 0.261 e. The average Bonchev–Trinajstić information content (AvgIpc) is 3.76. The van der Waals surface area contributed by atoms with Gasteiger partial charge in [-0.15, -0.1) is 0 Å². The summed E-state index contributed by atoms with van der Waals surface area (Å²) in [7, 11) is 1.48. The molecule has 0 unspecified atom stereocenters. The highest BCUT2D eigenvalue weighted by Gasteiger charge is 2.32. The Labute approximate surface area is 238 Å². The Kier molecular flexibility index (Phi) is 7.21. The number of amides is 1. The molecule has 10 heteroatoms. The Hall–Kier alpha value is -3.89. The Morgan fingerprint density at radius 3 is 2.63 bits per heavy atom. The Balaban J connectivity index is 1.30. The first-order chi connectivity index (χ1) is 19.7. The highest BCUT2D eigenvalue weighted by molar-refractivity contribution is 6.05. The number of anilines is 1. The number of methoxy groups -OCH3 is 1. The van der Waals surface area contributed by atoms with E-state index < -0.39 is 17.3 Å². The number of aliphatic hydroxyl groups is 1. The second kappa shape index (κ2) is 10.8. The van der Waals surface area contributed by atoms with E-state index in [4.69, 9.17) is 9.72 Å². The van der Waals surface area contributed by atoms with Crippen molar-refractivity contribution in [2.24, 2.45) is 0 Å². The van der Waals surface area contributed by atoms with Crippen molar-refractivity contribution in [3.8, 4) is 17.0 Å². The second-order valence-electron chi connectivity index (χ2n) is 11.7. The van der Waals surface area contributed by atoms with Crippen LogP contribution in [0.1, 0.15) is 61.4 Å². The molecule has 0 bridgehead atoms. The predicted octanol–water partition coefficient (Wildman–Crippen LogP) is 5.01. The summed E-state index contributed by atoms with van der Waals surface area (Å²) in [5, 5.41) is 13.5. The summed E-state index contributed by atoms with van der Waals surface area (Å²) in [6, 6.07) is 9.94. The number of nitrogens with one attached hydrogen (secondary N) is 1. The van der Waals surface area contributed by atoms with E-state index in [2.05, 4.69) is 32.3 Å². The molecule has 0 radical (unpaired) electrons. The standard InChI is InChI=1S/C31H35FN6O3/c1-31(2,40)18-38-25-7-4-20(19-10-14-37(15-11-19)21-5-6-21)16-24(25)35-30(38)36-29(39)22-8-13-34-28(27(22)32)23-17-33-12-9-26(23)41-3/h4,7-9,12-13,16-17,19,21,40H,5-6,10-11,14-15,18H2,1-3H3,(H,35,36,39). The fourth-order valence-electron chi connectivity index (χ4n) is 5.79. The number of hydrogen-bond donors (Lipinski definition) is 2. The van der Waals surface area contributed by atoms with Crippen molar-refractivity contribution in [1.82, 2.24) is 24.4 Å². The minimum absolute atomic E-state index is 0.0371. The number of aromatic nitrogens is 4. The number of nitrogens with zero attached hydrogens (tertiary/aromatic N) is 5. The van der Waals surface area contributed by atoms with Gasteiger partial charge in [0.2, 0.25) is 5.95 Å². The molecule has 1 aromatic carbocycles. The monoisotopic (exact) mass is 558 g/mol. The van der Waals surface area contributed by atoms with E-state index in [0.717, 1.165) is 43.0 Å². The van der Waals surface area contributed by atoms with Crippen LogP contribution in [0.15, 0.2) is 48.9 Å². The molecule has 9 nitrogen and oxygen atoms in total. The minimum atomic E-state index is -1.08. The molecular weight excluding hydrogens is 523 g/mol. The second-order valence-corrected chi connectivity index (χ2v) is 11.7. The maximum absolute atomic E-state index is 15.7. The Morgan fingerprint density at radius 1 is 1.15 bits per heavy atom. The first-order valence-corrected chi connectivity index (χ1v) is 14.1. The number of rotatable bonds is 8. The molecule has 3 aromatic heterocycles. The first kappa shape index (κ1) is 27.3. The summed E-state index contributed by atoms with van der Waals surface area (Å²) in [4.78, 5) is 29.0. The molecular formula is C31H35FN6O3. The number of imidazole rings is 1. The van der Waals surface area contributed by atoms with Crippen molar-refractivity contribution in [2.45, 2.75) is 63.6 Å². The summed E-state index contributed by atoms with van der Waals surface area (Å²) in [6.07, 6.45) is 9.23. The smallest absolute Gasteiger partial charge is 0.261 e. The number of piperidine rings is 1. The van der Waals surface area contributed by atoms with Gasteiger partial charge in [-0.05, 0) is 88.4 Å². The fourth-order valence-corrected chi connectivity index (χ4v) is 5.79. The molecule has 2 N–H and O–H groups in total. The highest BCUT2D eigenvalue weighted by atomic mass is 19.1. The van der Waals surface area contributed by atoms with E-state index in [1.54, 1.807) is 24.5 Å². The van der Waals surface area contributed by atoms with Crippen LogP contribution in [0.25, 0.3) is 22.3 Å². The third kappa shape index (κ3) is 5.67. The molecule has 41 heavy (non-hydrogen) atoms. The molecule has 2 fully saturated rings. The summed E-state index contributed by atoms with van der Waals surface area (Å²) in [6.45, 7) is 5.82. The lowest BCUT2D eigenvalue weighted by Crippen LogP contribution is -2.34. The zero-order chi connectivity index (χ0) is 28.7. The number of benzene rings is 1. The maximum atomic E-state index is 15.7. The fraction of sp³-hybridized carbons (Fsp3) is 0.419. The van der Waals surface area contributed by atoms with Crippen LogP contribution in [-0.2, 0) is 6.54 Å². The lowest BCUT2D eigenvalue weighted by atomic mass is 9.89. The third-order valence-corrected chi connectivity index (χ3v) is 8.00. The Bertz CT molecular complexity index is 1580. The van der Waals surface area contributed by atoms with Crippen molar-refractivity contribution in [1.29, 1.82) is 0 Å². The van der Waals surface area contributed by atoms with Crippen molar-refractivity contribution in [2.75, 3.05) is 25.5 Å². The number of carbonyl (C=O) groups excluding carboxylic acids is 1. The lowest BCUT2D eigenvalue weighted by molar-refractivity contribution is 0.0630. The van der Waals surface area contributed by atoms with Crippen molar-refractivity contribution >= 4 is 22.9 Å². The van der Waals surface area contributed by atoms with Crippen LogP contribution in [-0.4, -0.2) is 67.3 Å². The molecule has 214 valence electrons. The van der Waals surface area contributed by atoms with Gasteiger partial charge in [0.25, 0.3) is 5.91 Å². The van der Waals surface area contributed by atoms with Crippen LogP contribution < -0.4 is 10.1 Å². The topological polar surface area (TPSA) is 105 Å². The van der Waals surface area contributed by atoms with Crippen LogP contribution in [0.3, 0.4) is 0 Å². The van der Waals surface area contributed by atoms with E-state index in [1.807, 2.05) is 6.07 Å². The van der Waals surface area contributed by atoms with Gasteiger partial charge in [-0.2, -0.15) is 0 Å². The largest absolute Gasteiger partial charge is 0.496 e. The normalized spacial score (nSPS) is 16.7. The molecule has 0 spiro atoms. The van der Waals surface area contributed by atoms with Crippen LogP contribution in [0.4, 0.5) is 10.3 Å². The van der Waals surface area contributed by atoms with Gasteiger partial charge in [0.05, 0.1) is 41.4 Å². The van der Waals surface area contributed by atoms with Gasteiger partial charge >= 0.3 is 0 Å². The van der Waals surface area contributed by atoms with Crippen LogP contribution in [0, 0.1) is 5.82 Å². The molecule has 0 atom stereocenters. The average molecular weight is 559 g/mol. The van der Waals surface area contributed by atoms with Gasteiger partial charge in [-0.25, -0.2) is 9.37 Å².